The minimum atomic E-state index is -0.241. The van der Waals surface area contributed by atoms with Crippen LogP contribution in [-0.4, -0.2) is 62.1 Å². The molecule has 1 saturated carbocycles. The van der Waals surface area contributed by atoms with Gasteiger partial charge in [0.25, 0.3) is 11.5 Å². The first kappa shape index (κ1) is 20.5. The number of carbonyl (C=O) groups is 2. The van der Waals surface area contributed by atoms with Gasteiger partial charge in [-0.1, -0.05) is 18.2 Å². The molecule has 1 saturated heterocycles. The number of para-hydroxylation sites is 1. The lowest BCUT2D eigenvalue weighted by atomic mass is 10.1. The maximum atomic E-state index is 13.5. The van der Waals surface area contributed by atoms with E-state index >= 15 is 0 Å². The van der Waals surface area contributed by atoms with E-state index < -0.39 is 0 Å². The molecule has 0 radical (unpaired) electrons. The molecule has 1 aromatic rings. The lowest BCUT2D eigenvalue weighted by Crippen LogP contribution is -2.51. The van der Waals surface area contributed by atoms with Crippen molar-refractivity contribution in [3.05, 3.63) is 58.6 Å². The van der Waals surface area contributed by atoms with E-state index in [0.29, 0.717) is 48.7 Å². The van der Waals surface area contributed by atoms with Gasteiger partial charge in [0.2, 0.25) is 5.91 Å². The summed E-state index contributed by atoms with van der Waals surface area (Å²) in [5, 5.41) is 4.55. The van der Waals surface area contributed by atoms with E-state index in [1.54, 1.807) is 17.3 Å². The predicted octanol–water partition coefficient (Wildman–Crippen LogP) is 2.41. The maximum Gasteiger partial charge on any atom is 0.282 e. The number of rotatable bonds is 4. The number of nitrogens with zero attached hydrogens (tertiary/aromatic N) is 5. The molecule has 0 atom stereocenters. The Bertz CT molecular complexity index is 1180. The van der Waals surface area contributed by atoms with Crippen molar-refractivity contribution in [2.45, 2.75) is 32.7 Å². The smallest absolute Gasteiger partial charge is 0.282 e. The lowest BCUT2D eigenvalue weighted by Gasteiger charge is -2.35. The summed E-state index contributed by atoms with van der Waals surface area (Å²) < 4.78 is 3.25. The average Bonchev–Trinajstić information content (AvgIpc) is 3.62. The SMILES string of the molecule is CC(C)n1cc(C(=O)N2CCN(C(=O)C3CC3)CC2)c2nn(-c3ccccc3)c(=O)c-2c1. The molecule has 1 aromatic carbocycles. The van der Waals surface area contributed by atoms with Gasteiger partial charge in [-0.2, -0.15) is 9.78 Å². The van der Waals surface area contributed by atoms with Gasteiger partial charge in [0, 0.05) is 50.5 Å². The molecule has 5 rings (SSSR count). The predicted molar refractivity (Wildman–Crippen MR) is 120 cm³/mol. The highest BCUT2D eigenvalue weighted by Crippen LogP contribution is 2.31. The van der Waals surface area contributed by atoms with Crippen LogP contribution in [0, 0.1) is 5.92 Å². The number of piperazine rings is 1. The van der Waals surface area contributed by atoms with Crippen molar-refractivity contribution in [2.75, 3.05) is 26.2 Å². The molecule has 8 nitrogen and oxygen atoms in total. The molecule has 1 aliphatic carbocycles. The van der Waals surface area contributed by atoms with E-state index in [1.807, 2.05) is 53.6 Å². The summed E-state index contributed by atoms with van der Waals surface area (Å²) in [5.41, 5.74) is 1.68. The number of pyridine rings is 1. The summed E-state index contributed by atoms with van der Waals surface area (Å²) in [5.74, 6) is 0.254. The van der Waals surface area contributed by atoms with Gasteiger partial charge >= 0.3 is 0 Å². The summed E-state index contributed by atoms with van der Waals surface area (Å²) in [7, 11) is 0. The number of amides is 2. The molecule has 2 amide bonds. The zero-order chi connectivity index (χ0) is 22.4. The Morgan fingerprint density at radius 2 is 1.62 bits per heavy atom. The Kier molecular flexibility index (Phi) is 5.07. The van der Waals surface area contributed by atoms with Crippen LogP contribution < -0.4 is 5.56 Å². The van der Waals surface area contributed by atoms with E-state index in [1.165, 1.54) is 4.68 Å². The topological polar surface area (TPSA) is 80.4 Å². The van der Waals surface area contributed by atoms with Crippen LogP contribution in [0.3, 0.4) is 0 Å². The lowest BCUT2D eigenvalue weighted by molar-refractivity contribution is -0.134. The van der Waals surface area contributed by atoms with E-state index in [4.69, 9.17) is 0 Å². The van der Waals surface area contributed by atoms with Gasteiger partial charge in [-0.25, -0.2) is 0 Å². The fraction of sp³-hybridized carbons (Fsp3) is 0.417. The second-order valence-electron chi connectivity index (χ2n) is 8.92. The van der Waals surface area contributed by atoms with Crippen LogP contribution in [-0.2, 0) is 4.79 Å². The molecule has 32 heavy (non-hydrogen) atoms. The van der Waals surface area contributed by atoms with Gasteiger partial charge in [0.05, 0.1) is 16.8 Å². The van der Waals surface area contributed by atoms with E-state index in [2.05, 4.69) is 5.10 Å². The quantitative estimate of drug-likeness (QED) is 0.633. The number of hydrogen-bond donors (Lipinski definition) is 0. The van der Waals surface area contributed by atoms with Crippen molar-refractivity contribution in [1.29, 1.82) is 0 Å². The Labute approximate surface area is 186 Å². The normalized spacial score (nSPS) is 16.7. The minimum absolute atomic E-state index is 0.0819. The van der Waals surface area contributed by atoms with Crippen LogP contribution in [0.1, 0.15) is 43.1 Å². The van der Waals surface area contributed by atoms with Crippen molar-refractivity contribution in [1.82, 2.24) is 24.1 Å². The van der Waals surface area contributed by atoms with Crippen LogP contribution >= 0.6 is 0 Å². The van der Waals surface area contributed by atoms with Crippen LogP contribution in [0.4, 0.5) is 0 Å². The number of benzene rings is 1. The molecule has 0 bridgehead atoms. The van der Waals surface area contributed by atoms with Gasteiger partial charge in [-0.05, 0) is 38.8 Å². The number of fused-ring (bicyclic) bond motifs is 1. The third-order valence-corrected chi connectivity index (χ3v) is 6.32. The maximum absolute atomic E-state index is 13.5. The molecule has 166 valence electrons. The fourth-order valence-electron chi connectivity index (χ4n) is 4.21. The number of aromatic nitrogens is 3. The fourth-order valence-corrected chi connectivity index (χ4v) is 4.21. The van der Waals surface area contributed by atoms with Gasteiger partial charge in [0.15, 0.2) is 0 Å². The van der Waals surface area contributed by atoms with E-state index in [-0.39, 0.29) is 29.3 Å². The first-order valence-electron chi connectivity index (χ1n) is 11.2. The third kappa shape index (κ3) is 3.59. The van der Waals surface area contributed by atoms with Crippen molar-refractivity contribution >= 4 is 11.8 Å². The zero-order valence-corrected chi connectivity index (χ0v) is 18.4. The van der Waals surface area contributed by atoms with E-state index in [0.717, 1.165) is 12.8 Å². The van der Waals surface area contributed by atoms with Gasteiger partial charge in [-0.15, -0.1) is 0 Å². The summed E-state index contributed by atoms with van der Waals surface area (Å²) >= 11 is 0. The Morgan fingerprint density at radius 1 is 0.969 bits per heavy atom. The monoisotopic (exact) mass is 433 g/mol. The summed E-state index contributed by atoms with van der Waals surface area (Å²) in [4.78, 5) is 42.7. The van der Waals surface area contributed by atoms with Crippen LogP contribution in [0.2, 0.25) is 0 Å². The second-order valence-corrected chi connectivity index (χ2v) is 8.92. The standard InChI is InChI=1S/C24H27N5O3/c1-16(2)28-14-19(23(31)27-12-10-26(11-13-27)22(30)17-8-9-17)21-20(15-28)24(32)29(25-21)18-6-4-3-5-7-18/h3-7,14-17H,8-13H2,1-2H3. The third-order valence-electron chi connectivity index (χ3n) is 6.32. The first-order chi connectivity index (χ1) is 15.4. The van der Waals surface area contributed by atoms with Crippen molar-refractivity contribution < 1.29 is 9.59 Å². The second kappa shape index (κ2) is 7.93. The highest BCUT2D eigenvalue weighted by atomic mass is 16.2. The van der Waals surface area contributed by atoms with Crippen LogP contribution in [0.25, 0.3) is 16.9 Å². The summed E-state index contributed by atoms with van der Waals surface area (Å²) in [6, 6.07) is 9.31. The van der Waals surface area contributed by atoms with E-state index in [9.17, 15) is 14.4 Å². The summed E-state index contributed by atoms with van der Waals surface area (Å²) in [6.45, 7) is 6.08. The highest BCUT2D eigenvalue weighted by Gasteiger charge is 2.36. The largest absolute Gasteiger partial charge is 0.350 e. The van der Waals surface area contributed by atoms with Gasteiger partial charge in [0.1, 0.15) is 5.69 Å². The molecule has 0 unspecified atom stereocenters. The molecule has 0 N–H and O–H groups in total. The highest BCUT2D eigenvalue weighted by molar-refractivity contribution is 6.00. The van der Waals surface area contributed by atoms with Crippen molar-refractivity contribution in [3.8, 4) is 16.9 Å². The molecule has 4 aliphatic rings. The molecular weight excluding hydrogens is 406 g/mol. The molecule has 0 spiro atoms. The molecule has 8 heteroatoms. The van der Waals surface area contributed by atoms with Crippen molar-refractivity contribution in [3.63, 3.8) is 0 Å². The number of carbonyl (C=O) groups excluding carboxylic acids is 2. The minimum Gasteiger partial charge on any atom is -0.350 e. The zero-order valence-electron chi connectivity index (χ0n) is 18.4. The molecule has 3 heterocycles. The Hall–Kier alpha value is -3.42. The van der Waals surface area contributed by atoms with Crippen molar-refractivity contribution in [2.24, 2.45) is 5.92 Å². The first-order valence-corrected chi connectivity index (χ1v) is 11.2. The molecule has 2 fully saturated rings. The Morgan fingerprint density at radius 3 is 2.25 bits per heavy atom. The van der Waals surface area contributed by atoms with Crippen LogP contribution in [0.15, 0.2) is 47.5 Å². The Balaban J connectivity index is 1.49. The average molecular weight is 434 g/mol. The van der Waals surface area contributed by atoms with Gasteiger partial charge in [-0.3, -0.25) is 14.4 Å². The van der Waals surface area contributed by atoms with Gasteiger partial charge < -0.3 is 14.4 Å². The number of hydrogen-bond acceptors (Lipinski definition) is 4. The summed E-state index contributed by atoms with van der Waals surface area (Å²) in [6.07, 6.45) is 5.53. The molecule has 3 aliphatic heterocycles. The molecular formula is C24H27N5O3. The molecule has 0 aromatic heterocycles. The van der Waals surface area contributed by atoms with Crippen LogP contribution in [0.5, 0.6) is 0 Å².